The lowest BCUT2D eigenvalue weighted by Gasteiger charge is -2.09. The highest BCUT2D eigenvalue weighted by atomic mass is 32.2. The zero-order chi connectivity index (χ0) is 15.1. The van der Waals surface area contributed by atoms with E-state index in [1.807, 2.05) is 0 Å². The van der Waals surface area contributed by atoms with E-state index in [0.717, 1.165) is 17.4 Å². The Hall–Kier alpha value is -1.20. The van der Waals surface area contributed by atoms with Gasteiger partial charge in [-0.15, -0.1) is 23.1 Å². The zero-order valence-electron chi connectivity index (χ0n) is 9.76. The number of thiophene rings is 1. The zero-order valence-corrected chi connectivity index (χ0v) is 12.2. The number of thioether (sulfide) groups is 1. The molecule has 0 saturated heterocycles. The molecule has 0 radical (unpaired) electrons. The minimum Gasteiger partial charge on any atom is -0.397 e. The summed E-state index contributed by atoms with van der Waals surface area (Å²) in [4.78, 5) is 4.52. The molecule has 0 atom stereocenters. The van der Waals surface area contributed by atoms with E-state index in [1.54, 1.807) is 11.6 Å². The van der Waals surface area contributed by atoms with Crippen molar-refractivity contribution in [2.24, 2.45) is 0 Å². The van der Waals surface area contributed by atoms with Crippen molar-refractivity contribution in [1.82, 2.24) is 4.98 Å². The van der Waals surface area contributed by atoms with Gasteiger partial charge in [-0.1, -0.05) is 0 Å². The van der Waals surface area contributed by atoms with Crippen LogP contribution in [0, 0.1) is 0 Å². The van der Waals surface area contributed by atoms with Gasteiger partial charge in [-0.2, -0.15) is 21.6 Å². The second-order valence-electron chi connectivity index (χ2n) is 3.52. The first-order valence-corrected chi connectivity index (χ1v) is 8.39. The molecule has 0 aromatic carbocycles. The molecule has 0 spiro atoms. The summed E-state index contributed by atoms with van der Waals surface area (Å²) in [6.07, 6.45) is 1.67. The van der Waals surface area contributed by atoms with E-state index < -0.39 is 21.5 Å². The predicted molar refractivity (Wildman–Crippen MR) is 71.4 cm³/mol. The Morgan fingerprint density at radius 1 is 1.45 bits per heavy atom. The Balaban J connectivity index is 2.52. The number of hydrogen-bond donors (Lipinski definition) is 1. The molecule has 0 aliphatic rings. The first kappa shape index (κ1) is 15.2. The molecular formula is C9H7F3N2O3S3. The molecule has 0 fully saturated rings. The molecule has 2 rings (SSSR count). The minimum atomic E-state index is -5.74. The van der Waals surface area contributed by atoms with Gasteiger partial charge in [-0.05, 0) is 6.26 Å². The average Bonchev–Trinajstić information content (AvgIpc) is 2.68. The molecule has 0 saturated carbocycles. The molecule has 2 heterocycles. The van der Waals surface area contributed by atoms with Crippen LogP contribution in [0.4, 0.5) is 18.9 Å². The Kier molecular flexibility index (Phi) is 3.77. The van der Waals surface area contributed by atoms with Crippen LogP contribution in [0.25, 0.3) is 10.2 Å². The van der Waals surface area contributed by atoms with Gasteiger partial charge >= 0.3 is 15.6 Å². The van der Waals surface area contributed by atoms with E-state index in [4.69, 9.17) is 5.73 Å². The van der Waals surface area contributed by atoms with Gasteiger partial charge in [0.25, 0.3) is 0 Å². The van der Waals surface area contributed by atoms with Crippen LogP contribution in [0.2, 0.25) is 0 Å². The first-order chi connectivity index (χ1) is 9.15. The van der Waals surface area contributed by atoms with Crippen LogP contribution in [0.3, 0.4) is 0 Å². The van der Waals surface area contributed by atoms with Crippen LogP contribution in [-0.2, 0) is 10.1 Å². The van der Waals surface area contributed by atoms with Gasteiger partial charge in [-0.3, -0.25) is 0 Å². The van der Waals surface area contributed by atoms with Gasteiger partial charge in [0.1, 0.15) is 4.83 Å². The fourth-order valence-electron chi connectivity index (χ4n) is 1.37. The minimum absolute atomic E-state index is 0.307. The summed E-state index contributed by atoms with van der Waals surface area (Å²) in [5.74, 6) is -0.638. The van der Waals surface area contributed by atoms with Gasteiger partial charge < -0.3 is 9.92 Å². The van der Waals surface area contributed by atoms with Gasteiger partial charge in [0, 0.05) is 21.7 Å². The number of aromatic nitrogens is 1. The molecule has 110 valence electrons. The molecule has 5 nitrogen and oxygen atoms in total. The summed E-state index contributed by atoms with van der Waals surface area (Å²) in [6.45, 7) is 0. The number of anilines is 1. The topological polar surface area (TPSA) is 82.3 Å². The smallest absolute Gasteiger partial charge is 0.397 e. The van der Waals surface area contributed by atoms with E-state index in [0.29, 0.717) is 20.8 Å². The molecule has 0 unspecified atom stereocenters. The van der Waals surface area contributed by atoms with Crippen molar-refractivity contribution in [3.63, 3.8) is 0 Å². The highest BCUT2D eigenvalue weighted by Crippen LogP contribution is 2.37. The van der Waals surface area contributed by atoms with Crippen molar-refractivity contribution >= 4 is 49.1 Å². The molecule has 0 bridgehead atoms. The number of alkyl halides is 3. The van der Waals surface area contributed by atoms with Crippen LogP contribution < -0.4 is 9.92 Å². The largest absolute Gasteiger partial charge is 0.534 e. The van der Waals surface area contributed by atoms with Gasteiger partial charge in [0.15, 0.2) is 0 Å². The third-order valence-electron chi connectivity index (χ3n) is 2.21. The van der Waals surface area contributed by atoms with E-state index in [2.05, 4.69) is 9.17 Å². The lowest BCUT2D eigenvalue weighted by molar-refractivity contribution is -0.0501. The normalized spacial score (nSPS) is 12.8. The SMILES string of the molecule is CSc1cc(OS(=O)(=O)C(F)(F)F)nc2scc(N)c12. The molecule has 11 heteroatoms. The van der Waals surface area contributed by atoms with Gasteiger partial charge in [0.05, 0.1) is 5.69 Å². The molecule has 0 aliphatic carbocycles. The Labute approximate surface area is 120 Å². The highest BCUT2D eigenvalue weighted by molar-refractivity contribution is 7.98. The second-order valence-corrected chi connectivity index (χ2v) is 6.76. The van der Waals surface area contributed by atoms with Crippen LogP contribution in [0.15, 0.2) is 16.3 Å². The lowest BCUT2D eigenvalue weighted by Crippen LogP contribution is -2.28. The molecular weight excluding hydrogens is 337 g/mol. The fourth-order valence-corrected chi connectivity index (χ4v) is 3.32. The number of nitrogens with two attached hydrogens (primary N) is 1. The van der Waals surface area contributed by atoms with E-state index >= 15 is 0 Å². The summed E-state index contributed by atoms with van der Waals surface area (Å²) in [5, 5.41) is 2.14. The van der Waals surface area contributed by atoms with Gasteiger partial charge in [-0.25, -0.2) is 4.98 Å². The van der Waals surface area contributed by atoms with Crippen molar-refractivity contribution in [2.75, 3.05) is 12.0 Å². The number of nitrogen functional groups attached to an aromatic ring is 1. The summed E-state index contributed by atoms with van der Waals surface area (Å²) >= 11 is 2.28. The third kappa shape index (κ3) is 2.65. The average molecular weight is 344 g/mol. The number of rotatable bonds is 3. The second kappa shape index (κ2) is 4.97. The lowest BCUT2D eigenvalue weighted by atomic mass is 10.3. The number of nitrogens with zero attached hydrogens (tertiary/aromatic N) is 1. The number of fused-ring (bicyclic) bond motifs is 1. The van der Waals surface area contributed by atoms with Crippen LogP contribution in [0.5, 0.6) is 5.88 Å². The quantitative estimate of drug-likeness (QED) is 0.524. The van der Waals surface area contributed by atoms with Gasteiger partial charge in [0.2, 0.25) is 5.88 Å². The van der Waals surface area contributed by atoms with Crippen molar-refractivity contribution in [3.05, 3.63) is 11.4 Å². The Morgan fingerprint density at radius 3 is 2.65 bits per heavy atom. The third-order valence-corrected chi connectivity index (χ3v) is 4.82. The first-order valence-electron chi connectivity index (χ1n) is 4.88. The number of halogens is 3. The van der Waals surface area contributed by atoms with E-state index in [9.17, 15) is 21.6 Å². The maximum Gasteiger partial charge on any atom is 0.534 e. The van der Waals surface area contributed by atoms with Crippen LogP contribution in [-0.4, -0.2) is 25.2 Å². The van der Waals surface area contributed by atoms with E-state index in [1.165, 1.54) is 11.8 Å². The molecule has 2 N–H and O–H groups in total. The summed E-state index contributed by atoms with van der Waals surface area (Å²) in [6, 6.07) is 1.11. The number of pyridine rings is 1. The Bertz CT molecular complexity index is 755. The maximum atomic E-state index is 12.3. The van der Waals surface area contributed by atoms with E-state index in [-0.39, 0.29) is 0 Å². The molecule has 2 aromatic heterocycles. The molecule has 0 amide bonds. The fraction of sp³-hybridized carbons (Fsp3) is 0.222. The van der Waals surface area contributed by atoms with Crippen molar-refractivity contribution < 1.29 is 25.8 Å². The van der Waals surface area contributed by atoms with Crippen molar-refractivity contribution in [1.29, 1.82) is 0 Å². The standard InChI is InChI=1S/C9H7F3N2O3S3/c1-18-5-2-6(17-20(15,16)9(10,11)12)14-8-7(5)4(13)3-19-8/h2-3H,13H2,1H3. The summed E-state index contributed by atoms with van der Waals surface area (Å²) < 4.78 is 62.7. The molecule has 0 aliphatic heterocycles. The van der Waals surface area contributed by atoms with Crippen LogP contribution >= 0.6 is 23.1 Å². The maximum absolute atomic E-state index is 12.3. The summed E-state index contributed by atoms with van der Waals surface area (Å²) in [5.41, 5.74) is 0.638. The Morgan fingerprint density at radius 2 is 2.10 bits per heavy atom. The van der Waals surface area contributed by atoms with Crippen molar-refractivity contribution in [2.45, 2.75) is 10.4 Å². The number of hydrogen-bond acceptors (Lipinski definition) is 7. The summed E-state index contributed by atoms with van der Waals surface area (Å²) in [7, 11) is -5.74. The van der Waals surface area contributed by atoms with Crippen LogP contribution in [0.1, 0.15) is 0 Å². The highest BCUT2D eigenvalue weighted by Gasteiger charge is 2.48. The predicted octanol–water partition coefficient (Wildman–Crippen LogP) is 2.83. The molecule has 20 heavy (non-hydrogen) atoms. The molecule has 2 aromatic rings. The monoisotopic (exact) mass is 344 g/mol. The van der Waals surface area contributed by atoms with Crippen molar-refractivity contribution in [3.8, 4) is 5.88 Å².